The summed E-state index contributed by atoms with van der Waals surface area (Å²) in [5, 5.41) is 9.52. The first kappa shape index (κ1) is 20.2. The Hall–Kier alpha value is -0.810. The van der Waals surface area contributed by atoms with Crippen molar-refractivity contribution in [1.29, 1.82) is 0 Å². The second-order valence-corrected chi connectivity index (χ2v) is 6.96. The van der Waals surface area contributed by atoms with E-state index in [1.807, 2.05) is 6.92 Å². The SMILES string of the molecule is CCCNC(=O)C1(NC(=O)[C@H]2CCN[C@@H](C)C2)CCCCC1.Cl. The molecular weight excluding hydrogens is 314 g/mol. The Kier molecular flexibility index (Phi) is 8.34. The Morgan fingerprint density at radius 3 is 2.52 bits per heavy atom. The van der Waals surface area contributed by atoms with Crippen LogP contribution in [0.4, 0.5) is 0 Å². The molecule has 2 aliphatic rings. The number of halogens is 1. The summed E-state index contributed by atoms with van der Waals surface area (Å²) in [5.74, 6) is 0.125. The standard InChI is InChI=1S/C17H31N3O2.ClH/c1-3-10-19-16(22)17(8-5-4-6-9-17)20-15(21)14-7-11-18-13(2)12-14;/h13-14,18H,3-12H2,1-2H3,(H,19,22)(H,20,21);1H/t13-,14-;/m0./s1. The van der Waals surface area contributed by atoms with Gasteiger partial charge in [-0.3, -0.25) is 9.59 Å². The summed E-state index contributed by atoms with van der Waals surface area (Å²) in [7, 11) is 0. The molecular formula is C17H32ClN3O2. The van der Waals surface area contributed by atoms with Gasteiger partial charge in [0, 0.05) is 18.5 Å². The number of rotatable bonds is 5. The molecule has 23 heavy (non-hydrogen) atoms. The summed E-state index contributed by atoms with van der Waals surface area (Å²) >= 11 is 0. The van der Waals surface area contributed by atoms with Crippen LogP contribution in [-0.4, -0.2) is 36.5 Å². The zero-order valence-electron chi connectivity index (χ0n) is 14.5. The molecule has 3 N–H and O–H groups in total. The van der Waals surface area contributed by atoms with E-state index in [4.69, 9.17) is 0 Å². The van der Waals surface area contributed by atoms with E-state index in [9.17, 15) is 9.59 Å². The van der Waals surface area contributed by atoms with Crippen molar-refractivity contribution in [2.24, 2.45) is 5.92 Å². The van der Waals surface area contributed by atoms with Crippen molar-refractivity contribution in [2.75, 3.05) is 13.1 Å². The highest BCUT2D eigenvalue weighted by molar-refractivity contribution is 5.92. The largest absolute Gasteiger partial charge is 0.354 e. The second-order valence-electron chi connectivity index (χ2n) is 6.96. The van der Waals surface area contributed by atoms with Gasteiger partial charge in [0.15, 0.2) is 0 Å². The average molecular weight is 346 g/mol. The van der Waals surface area contributed by atoms with E-state index in [-0.39, 0.29) is 30.1 Å². The summed E-state index contributed by atoms with van der Waals surface area (Å²) < 4.78 is 0. The minimum atomic E-state index is -0.668. The molecule has 2 amide bonds. The molecule has 0 spiro atoms. The third kappa shape index (κ3) is 5.35. The number of carbonyl (C=O) groups excluding carboxylic acids is 2. The Labute approximate surface area is 146 Å². The average Bonchev–Trinajstić information content (AvgIpc) is 2.53. The van der Waals surface area contributed by atoms with Crippen molar-refractivity contribution in [2.45, 2.75) is 76.8 Å². The lowest BCUT2D eigenvalue weighted by Crippen LogP contribution is -2.61. The van der Waals surface area contributed by atoms with Crippen LogP contribution in [0, 0.1) is 5.92 Å². The quantitative estimate of drug-likeness (QED) is 0.715. The third-order valence-electron chi connectivity index (χ3n) is 5.03. The third-order valence-corrected chi connectivity index (χ3v) is 5.03. The smallest absolute Gasteiger partial charge is 0.245 e. The van der Waals surface area contributed by atoms with E-state index >= 15 is 0 Å². The van der Waals surface area contributed by atoms with Gasteiger partial charge in [-0.25, -0.2) is 0 Å². The van der Waals surface area contributed by atoms with Gasteiger partial charge in [-0.2, -0.15) is 0 Å². The summed E-state index contributed by atoms with van der Waals surface area (Å²) in [5.41, 5.74) is -0.668. The fraction of sp³-hybridized carbons (Fsp3) is 0.882. The van der Waals surface area contributed by atoms with Crippen molar-refractivity contribution < 1.29 is 9.59 Å². The van der Waals surface area contributed by atoms with Gasteiger partial charge in [-0.15, -0.1) is 12.4 Å². The fourth-order valence-corrected chi connectivity index (χ4v) is 3.68. The van der Waals surface area contributed by atoms with Crippen molar-refractivity contribution in [3.8, 4) is 0 Å². The van der Waals surface area contributed by atoms with Gasteiger partial charge in [0.2, 0.25) is 11.8 Å². The van der Waals surface area contributed by atoms with E-state index in [1.165, 1.54) is 0 Å². The normalized spacial score (nSPS) is 26.7. The number of hydrogen-bond donors (Lipinski definition) is 3. The second kappa shape index (κ2) is 9.48. The number of nitrogens with one attached hydrogen (secondary N) is 3. The van der Waals surface area contributed by atoms with Crippen molar-refractivity contribution in [1.82, 2.24) is 16.0 Å². The molecule has 0 aromatic carbocycles. The van der Waals surface area contributed by atoms with Gasteiger partial charge >= 0.3 is 0 Å². The molecule has 0 aromatic rings. The van der Waals surface area contributed by atoms with Gasteiger partial charge in [0.1, 0.15) is 5.54 Å². The van der Waals surface area contributed by atoms with E-state index in [1.54, 1.807) is 0 Å². The fourth-order valence-electron chi connectivity index (χ4n) is 3.68. The van der Waals surface area contributed by atoms with Gasteiger partial charge in [0.05, 0.1) is 0 Å². The summed E-state index contributed by atoms with van der Waals surface area (Å²) in [6.45, 7) is 5.72. The van der Waals surface area contributed by atoms with Crippen LogP contribution in [0.1, 0.15) is 65.2 Å². The lowest BCUT2D eigenvalue weighted by atomic mass is 9.80. The van der Waals surface area contributed by atoms with Gasteiger partial charge in [0.25, 0.3) is 0 Å². The van der Waals surface area contributed by atoms with Crippen LogP contribution in [-0.2, 0) is 9.59 Å². The van der Waals surface area contributed by atoms with Crippen LogP contribution in [0.15, 0.2) is 0 Å². The van der Waals surface area contributed by atoms with Crippen LogP contribution in [0.25, 0.3) is 0 Å². The molecule has 2 rings (SSSR count). The van der Waals surface area contributed by atoms with Crippen molar-refractivity contribution >= 4 is 24.2 Å². The molecule has 2 fully saturated rings. The minimum Gasteiger partial charge on any atom is -0.354 e. The Morgan fingerprint density at radius 2 is 1.91 bits per heavy atom. The lowest BCUT2D eigenvalue weighted by molar-refractivity contribution is -0.137. The van der Waals surface area contributed by atoms with E-state index in [0.29, 0.717) is 12.6 Å². The molecule has 1 aliphatic heterocycles. The maximum absolute atomic E-state index is 12.7. The van der Waals surface area contributed by atoms with Crippen molar-refractivity contribution in [3.05, 3.63) is 0 Å². The van der Waals surface area contributed by atoms with Gasteiger partial charge < -0.3 is 16.0 Å². The monoisotopic (exact) mass is 345 g/mol. The molecule has 1 saturated carbocycles. The predicted molar refractivity (Wildman–Crippen MR) is 94.7 cm³/mol. The molecule has 6 heteroatoms. The highest BCUT2D eigenvalue weighted by atomic mass is 35.5. The van der Waals surface area contributed by atoms with E-state index in [0.717, 1.165) is 57.9 Å². The highest BCUT2D eigenvalue weighted by Crippen LogP contribution is 2.29. The van der Waals surface area contributed by atoms with Crippen molar-refractivity contribution in [3.63, 3.8) is 0 Å². The molecule has 2 atom stereocenters. The first-order valence-corrected chi connectivity index (χ1v) is 8.91. The van der Waals surface area contributed by atoms with Crippen LogP contribution < -0.4 is 16.0 Å². The number of hydrogen-bond acceptors (Lipinski definition) is 3. The van der Waals surface area contributed by atoms with Crippen LogP contribution in [0.2, 0.25) is 0 Å². The molecule has 5 nitrogen and oxygen atoms in total. The topological polar surface area (TPSA) is 70.2 Å². The highest BCUT2D eigenvalue weighted by Gasteiger charge is 2.42. The Bertz CT molecular complexity index is 397. The zero-order chi connectivity index (χ0) is 16.0. The Balaban J connectivity index is 0.00000264. The molecule has 134 valence electrons. The minimum absolute atomic E-state index is 0. The zero-order valence-corrected chi connectivity index (χ0v) is 15.3. The maximum atomic E-state index is 12.7. The summed E-state index contributed by atoms with van der Waals surface area (Å²) in [6, 6.07) is 0.376. The van der Waals surface area contributed by atoms with Gasteiger partial charge in [-0.05, 0) is 45.6 Å². The first-order valence-electron chi connectivity index (χ1n) is 8.91. The summed E-state index contributed by atoms with van der Waals surface area (Å²) in [6.07, 6.45) is 7.38. The van der Waals surface area contributed by atoms with E-state index < -0.39 is 5.54 Å². The number of piperidine rings is 1. The molecule has 1 heterocycles. The molecule has 0 radical (unpaired) electrons. The first-order chi connectivity index (χ1) is 10.6. The Morgan fingerprint density at radius 1 is 1.22 bits per heavy atom. The molecule has 1 saturated heterocycles. The summed E-state index contributed by atoms with van der Waals surface area (Å²) in [4.78, 5) is 25.3. The van der Waals surface area contributed by atoms with Crippen LogP contribution in [0.3, 0.4) is 0 Å². The molecule has 0 bridgehead atoms. The predicted octanol–water partition coefficient (Wildman–Crippen LogP) is 2.14. The molecule has 0 aromatic heterocycles. The number of amides is 2. The lowest BCUT2D eigenvalue weighted by Gasteiger charge is -2.38. The molecule has 1 aliphatic carbocycles. The van der Waals surface area contributed by atoms with Crippen LogP contribution in [0.5, 0.6) is 0 Å². The number of carbonyl (C=O) groups is 2. The van der Waals surface area contributed by atoms with Crippen LogP contribution >= 0.6 is 12.4 Å². The maximum Gasteiger partial charge on any atom is 0.245 e. The van der Waals surface area contributed by atoms with E-state index in [2.05, 4.69) is 22.9 Å². The molecule has 0 unspecified atom stereocenters. The van der Waals surface area contributed by atoms with Gasteiger partial charge in [-0.1, -0.05) is 26.2 Å².